The first-order valence-corrected chi connectivity index (χ1v) is 7.83. The Morgan fingerprint density at radius 1 is 1.08 bits per heavy atom. The molecule has 0 aliphatic rings. The Labute approximate surface area is 149 Å². The van der Waals surface area contributed by atoms with Gasteiger partial charge in [-0.1, -0.05) is 24.3 Å². The van der Waals surface area contributed by atoms with Gasteiger partial charge in [0.1, 0.15) is 17.4 Å². The lowest BCUT2D eigenvalue weighted by atomic mass is 10.1. The van der Waals surface area contributed by atoms with Crippen molar-refractivity contribution in [3.8, 4) is 6.07 Å². The molecule has 1 N–H and O–H groups in total. The molecule has 0 fully saturated rings. The first-order chi connectivity index (χ1) is 12.6. The molecule has 0 radical (unpaired) electrons. The van der Waals surface area contributed by atoms with Crippen molar-refractivity contribution in [3.63, 3.8) is 0 Å². The van der Waals surface area contributed by atoms with Gasteiger partial charge in [0.2, 0.25) is 0 Å². The molecule has 0 spiro atoms. The summed E-state index contributed by atoms with van der Waals surface area (Å²) in [6, 6.07) is 17.3. The Balaban J connectivity index is 1.87. The van der Waals surface area contributed by atoms with Crippen molar-refractivity contribution in [3.05, 3.63) is 99.7 Å². The van der Waals surface area contributed by atoms with Crippen molar-refractivity contribution in [1.29, 1.82) is 5.26 Å². The standard InChI is InChI=1S/C20H14FN3O2/c21-16-9-7-14(8-10-16)13-24-11-3-5-17(20(24)26)19(25)23-18-6-2-1-4-15(18)12-22/h1-11H,13H2,(H,23,25). The van der Waals surface area contributed by atoms with E-state index in [2.05, 4.69) is 5.32 Å². The maximum Gasteiger partial charge on any atom is 0.263 e. The van der Waals surface area contributed by atoms with E-state index in [0.717, 1.165) is 5.56 Å². The summed E-state index contributed by atoms with van der Waals surface area (Å²) in [5.41, 5.74) is 0.878. The van der Waals surface area contributed by atoms with Crippen LogP contribution in [0.3, 0.4) is 0 Å². The van der Waals surface area contributed by atoms with Gasteiger partial charge in [0.15, 0.2) is 0 Å². The van der Waals surface area contributed by atoms with E-state index in [1.807, 2.05) is 6.07 Å². The first kappa shape index (κ1) is 17.1. The number of hydrogen-bond acceptors (Lipinski definition) is 3. The number of anilines is 1. The summed E-state index contributed by atoms with van der Waals surface area (Å²) in [6.45, 7) is 0.217. The minimum absolute atomic E-state index is 0.0395. The molecule has 0 saturated carbocycles. The van der Waals surface area contributed by atoms with Crippen LogP contribution in [-0.4, -0.2) is 10.5 Å². The summed E-state index contributed by atoms with van der Waals surface area (Å²) in [4.78, 5) is 25.1. The van der Waals surface area contributed by atoms with Crippen LogP contribution in [0.5, 0.6) is 0 Å². The van der Waals surface area contributed by atoms with Crippen LogP contribution in [0.2, 0.25) is 0 Å². The summed E-state index contributed by atoms with van der Waals surface area (Å²) in [7, 11) is 0. The molecule has 128 valence electrons. The Kier molecular flexibility index (Phi) is 4.90. The molecule has 2 aromatic carbocycles. The largest absolute Gasteiger partial charge is 0.321 e. The van der Waals surface area contributed by atoms with Crippen molar-refractivity contribution in [2.45, 2.75) is 6.54 Å². The average molecular weight is 347 g/mol. The van der Waals surface area contributed by atoms with E-state index in [0.29, 0.717) is 11.3 Å². The number of hydrogen-bond donors (Lipinski definition) is 1. The van der Waals surface area contributed by atoms with Gasteiger partial charge in [0, 0.05) is 6.20 Å². The fourth-order valence-corrected chi connectivity index (χ4v) is 2.50. The number of carbonyl (C=O) groups excluding carboxylic acids is 1. The number of nitrogens with zero attached hydrogens (tertiary/aromatic N) is 2. The Hall–Kier alpha value is -3.72. The predicted molar refractivity (Wildman–Crippen MR) is 95.3 cm³/mol. The van der Waals surface area contributed by atoms with E-state index in [-0.39, 0.29) is 17.9 Å². The second-order valence-corrected chi connectivity index (χ2v) is 5.59. The number of amides is 1. The highest BCUT2D eigenvalue weighted by atomic mass is 19.1. The van der Waals surface area contributed by atoms with Gasteiger partial charge in [-0.15, -0.1) is 0 Å². The molecule has 0 atom stereocenters. The lowest BCUT2D eigenvalue weighted by Crippen LogP contribution is -2.29. The molecule has 6 heteroatoms. The molecule has 5 nitrogen and oxygen atoms in total. The third kappa shape index (κ3) is 3.68. The second-order valence-electron chi connectivity index (χ2n) is 5.59. The molecule has 0 saturated heterocycles. The second kappa shape index (κ2) is 7.45. The van der Waals surface area contributed by atoms with Crippen LogP contribution in [0.1, 0.15) is 21.5 Å². The van der Waals surface area contributed by atoms with Crippen LogP contribution in [-0.2, 0) is 6.54 Å². The Morgan fingerprint density at radius 3 is 2.54 bits per heavy atom. The maximum absolute atomic E-state index is 13.0. The van der Waals surface area contributed by atoms with Crippen molar-refractivity contribution in [2.75, 3.05) is 5.32 Å². The van der Waals surface area contributed by atoms with Crippen LogP contribution < -0.4 is 10.9 Å². The van der Waals surface area contributed by atoms with Gasteiger partial charge in [-0.3, -0.25) is 9.59 Å². The number of rotatable bonds is 4. The zero-order chi connectivity index (χ0) is 18.5. The summed E-state index contributed by atoms with van der Waals surface area (Å²) in [5, 5.41) is 11.7. The lowest BCUT2D eigenvalue weighted by Gasteiger charge is -2.10. The number of carbonyl (C=O) groups is 1. The number of nitrogens with one attached hydrogen (secondary N) is 1. The molecule has 0 bridgehead atoms. The molecule has 1 amide bonds. The highest BCUT2D eigenvalue weighted by Gasteiger charge is 2.14. The SMILES string of the molecule is N#Cc1ccccc1NC(=O)c1cccn(Cc2ccc(F)cc2)c1=O. The van der Waals surface area contributed by atoms with Gasteiger partial charge in [0.05, 0.1) is 17.8 Å². The normalized spacial score (nSPS) is 10.2. The zero-order valence-electron chi connectivity index (χ0n) is 13.6. The van der Waals surface area contributed by atoms with Crippen LogP contribution in [0.15, 0.2) is 71.7 Å². The van der Waals surface area contributed by atoms with Crippen molar-refractivity contribution in [2.24, 2.45) is 0 Å². The molecule has 0 aliphatic carbocycles. The molecular weight excluding hydrogens is 333 g/mol. The summed E-state index contributed by atoms with van der Waals surface area (Å²) < 4.78 is 14.4. The Bertz CT molecular complexity index is 1050. The van der Waals surface area contributed by atoms with E-state index >= 15 is 0 Å². The van der Waals surface area contributed by atoms with Crippen LogP contribution in [0.25, 0.3) is 0 Å². The predicted octanol–water partition coefficient (Wildman–Crippen LogP) is 3.16. The van der Waals surface area contributed by atoms with E-state index < -0.39 is 11.5 Å². The fraction of sp³-hybridized carbons (Fsp3) is 0.0500. The van der Waals surface area contributed by atoms with Crippen LogP contribution in [0, 0.1) is 17.1 Å². The van der Waals surface area contributed by atoms with Gasteiger partial charge >= 0.3 is 0 Å². The third-order valence-corrected chi connectivity index (χ3v) is 3.83. The maximum atomic E-state index is 13.0. The minimum atomic E-state index is -0.592. The van der Waals surface area contributed by atoms with E-state index in [4.69, 9.17) is 5.26 Å². The quantitative estimate of drug-likeness (QED) is 0.788. The van der Waals surface area contributed by atoms with Gasteiger partial charge in [-0.25, -0.2) is 4.39 Å². The molecule has 3 rings (SSSR count). The molecule has 0 aliphatic heterocycles. The molecule has 0 unspecified atom stereocenters. The average Bonchev–Trinajstić information content (AvgIpc) is 2.65. The first-order valence-electron chi connectivity index (χ1n) is 7.83. The number of aromatic nitrogens is 1. The summed E-state index contributed by atoms with van der Waals surface area (Å²) in [6.07, 6.45) is 1.56. The monoisotopic (exact) mass is 347 g/mol. The van der Waals surface area contributed by atoms with Crippen LogP contribution >= 0.6 is 0 Å². The number of nitriles is 1. The summed E-state index contributed by atoms with van der Waals surface area (Å²) in [5.74, 6) is -0.948. The number of para-hydroxylation sites is 1. The van der Waals surface area contributed by atoms with Crippen molar-refractivity contribution in [1.82, 2.24) is 4.57 Å². The van der Waals surface area contributed by atoms with E-state index in [1.54, 1.807) is 48.7 Å². The molecule has 3 aromatic rings. The number of halogens is 1. The topological polar surface area (TPSA) is 74.9 Å². The van der Waals surface area contributed by atoms with Gasteiger partial charge < -0.3 is 9.88 Å². The molecule has 1 heterocycles. The fourth-order valence-electron chi connectivity index (χ4n) is 2.50. The Morgan fingerprint density at radius 2 is 1.81 bits per heavy atom. The lowest BCUT2D eigenvalue weighted by molar-refractivity contribution is 0.102. The van der Waals surface area contributed by atoms with E-state index in [9.17, 15) is 14.0 Å². The highest BCUT2D eigenvalue weighted by Crippen LogP contribution is 2.14. The van der Waals surface area contributed by atoms with Crippen LogP contribution in [0.4, 0.5) is 10.1 Å². The summed E-state index contributed by atoms with van der Waals surface area (Å²) >= 11 is 0. The number of benzene rings is 2. The molecular formula is C20H14FN3O2. The van der Waals surface area contributed by atoms with Crippen molar-refractivity contribution < 1.29 is 9.18 Å². The smallest absolute Gasteiger partial charge is 0.263 e. The highest BCUT2D eigenvalue weighted by molar-refractivity contribution is 6.04. The van der Waals surface area contributed by atoms with Crippen molar-refractivity contribution >= 4 is 11.6 Å². The molecule has 26 heavy (non-hydrogen) atoms. The third-order valence-electron chi connectivity index (χ3n) is 3.83. The zero-order valence-corrected chi connectivity index (χ0v) is 13.6. The van der Waals surface area contributed by atoms with E-state index in [1.165, 1.54) is 22.8 Å². The number of pyridine rings is 1. The minimum Gasteiger partial charge on any atom is -0.321 e. The van der Waals surface area contributed by atoms with Gasteiger partial charge in [-0.05, 0) is 42.0 Å². The van der Waals surface area contributed by atoms with Gasteiger partial charge in [-0.2, -0.15) is 5.26 Å². The van der Waals surface area contributed by atoms with Gasteiger partial charge in [0.25, 0.3) is 11.5 Å². The molecule has 1 aromatic heterocycles.